The van der Waals surface area contributed by atoms with Crippen LogP contribution in [0, 0.1) is 11.3 Å². The zero-order valence-corrected chi connectivity index (χ0v) is 17.3. The predicted octanol–water partition coefficient (Wildman–Crippen LogP) is 5.60. The molecule has 0 atom stereocenters. The molecular formula is C24H26ClN3O. The molecule has 0 unspecified atom stereocenters. The van der Waals surface area contributed by atoms with Crippen molar-refractivity contribution in [2.45, 2.75) is 57.3 Å². The second kappa shape index (κ2) is 7.56. The van der Waals surface area contributed by atoms with E-state index in [0.29, 0.717) is 11.8 Å². The Bertz CT molecular complexity index is 995. The molecule has 0 radical (unpaired) electrons. The third-order valence-electron chi connectivity index (χ3n) is 7.14. The van der Waals surface area contributed by atoms with Gasteiger partial charge >= 0.3 is 0 Å². The number of aromatic nitrogens is 2. The van der Waals surface area contributed by atoms with E-state index in [1.165, 1.54) is 10.9 Å². The number of halogens is 1. The van der Waals surface area contributed by atoms with Gasteiger partial charge in [-0.25, -0.2) is 0 Å². The Morgan fingerprint density at radius 1 is 1.07 bits per heavy atom. The fourth-order valence-corrected chi connectivity index (χ4v) is 5.42. The lowest BCUT2D eigenvalue weighted by Gasteiger charge is -2.34. The van der Waals surface area contributed by atoms with E-state index in [4.69, 9.17) is 11.6 Å². The van der Waals surface area contributed by atoms with Crippen LogP contribution in [0.25, 0.3) is 10.9 Å². The van der Waals surface area contributed by atoms with Crippen molar-refractivity contribution >= 4 is 28.4 Å². The summed E-state index contributed by atoms with van der Waals surface area (Å²) in [6, 6.07) is 4.14. The van der Waals surface area contributed by atoms with Gasteiger partial charge in [-0.1, -0.05) is 11.6 Å². The number of amides is 1. The lowest BCUT2D eigenvalue weighted by Crippen LogP contribution is -2.37. The van der Waals surface area contributed by atoms with E-state index in [9.17, 15) is 4.79 Å². The Morgan fingerprint density at radius 2 is 1.90 bits per heavy atom. The van der Waals surface area contributed by atoms with Gasteiger partial charge in [0.15, 0.2) is 0 Å². The molecule has 1 amide bonds. The minimum atomic E-state index is -0.140. The number of rotatable bonds is 4. The van der Waals surface area contributed by atoms with E-state index in [2.05, 4.69) is 21.4 Å². The topological polar surface area (TPSA) is 54.9 Å². The summed E-state index contributed by atoms with van der Waals surface area (Å²) in [4.78, 5) is 21.9. The van der Waals surface area contributed by atoms with E-state index in [1.54, 1.807) is 6.20 Å². The number of nitrogens with one attached hydrogen (secondary N) is 1. The normalized spacial score (nSPS) is 25.8. The molecule has 3 aliphatic carbocycles. The van der Waals surface area contributed by atoms with Gasteiger partial charge in [0, 0.05) is 34.7 Å². The molecule has 2 saturated carbocycles. The van der Waals surface area contributed by atoms with E-state index >= 15 is 0 Å². The van der Waals surface area contributed by atoms with E-state index in [1.807, 2.05) is 30.6 Å². The van der Waals surface area contributed by atoms with Crippen LogP contribution in [0.15, 0.2) is 53.6 Å². The third kappa shape index (κ3) is 3.59. The summed E-state index contributed by atoms with van der Waals surface area (Å²) < 4.78 is 0. The molecule has 29 heavy (non-hydrogen) atoms. The highest BCUT2D eigenvalue weighted by molar-refractivity contribution is 6.29. The molecule has 0 aliphatic heterocycles. The van der Waals surface area contributed by atoms with Crippen molar-refractivity contribution in [1.29, 1.82) is 0 Å². The van der Waals surface area contributed by atoms with Crippen LogP contribution in [0.5, 0.6) is 0 Å². The van der Waals surface area contributed by atoms with Crippen LogP contribution in [-0.2, 0) is 4.79 Å². The SMILES string of the molecule is O=C(NC1=CC=C(Cl)CC1)C1(C2CCC(c3ccnc4ccncc34)CC2)CC1. The van der Waals surface area contributed by atoms with Crippen molar-refractivity contribution in [2.75, 3.05) is 0 Å². The number of allylic oxidation sites excluding steroid dienone is 4. The molecule has 150 valence electrons. The van der Waals surface area contributed by atoms with Crippen molar-refractivity contribution in [3.8, 4) is 0 Å². The quantitative estimate of drug-likeness (QED) is 0.717. The highest BCUT2D eigenvalue weighted by atomic mass is 35.5. The standard InChI is InChI=1S/C24H26ClN3O/c25-18-5-7-19(8-6-18)28-23(29)24(11-12-24)17-3-1-16(2-4-17)20-9-14-27-22-10-13-26-15-21(20)22/h5,7,9-10,13-17H,1-4,6,8,11-12H2,(H,28,29). The Balaban J connectivity index is 1.26. The first-order valence-corrected chi connectivity index (χ1v) is 11.1. The number of hydrogen-bond donors (Lipinski definition) is 1. The van der Waals surface area contributed by atoms with Crippen molar-refractivity contribution in [3.63, 3.8) is 0 Å². The van der Waals surface area contributed by atoms with Gasteiger partial charge in [0.1, 0.15) is 0 Å². The molecule has 3 aliphatic rings. The van der Waals surface area contributed by atoms with Gasteiger partial charge in [-0.3, -0.25) is 14.8 Å². The van der Waals surface area contributed by atoms with Gasteiger partial charge in [-0.15, -0.1) is 0 Å². The molecule has 0 aromatic carbocycles. The Labute approximate surface area is 176 Å². The van der Waals surface area contributed by atoms with Crippen LogP contribution < -0.4 is 5.32 Å². The lowest BCUT2D eigenvalue weighted by molar-refractivity contribution is -0.128. The highest BCUT2D eigenvalue weighted by Crippen LogP contribution is 2.58. The van der Waals surface area contributed by atoms with Gasteiger partial charge in [0.2, 0.25) is 5.91 Å². The number of hydrogen-bond acceptors (Lipinski definition) is 3. The molecule has 2 aromatic rings. The molecule has 2 aromatic heterocycles. The molecule has 1 N–H and O–H groups in total. The molecule has 0 spiro atoms. The molecule has 5 rings (SSSR count). The maximum atomic E-state index is 13.1. The minimum absolute atomic E-state index is 0.140. The summed E-state index contributed by atoms with van der Waals surface area (Å²) >= 11 is 6.04. The summed E-state index contributed by atoms with van der Waals surface area (Å²) in [5, 5.41) is 5.25. The van der Waals surface area contributed by atoms with Crippen molar-refractivity contribution in [1.82, 2.24) is 15.3 Å². The van der Waals surface area contributed by atoms with E-state index in [-0.39, 0.29) is 11.3 Å². The molecule has 2 fully saturated rings. The Hall–Kier alpha value is -2.20. The number of pyridine rings is 2. The van der Waals surface area contributed by atoms with Crippen LogP contribution in [0.1, 0.15) is 62.8 Å². The number of carbonyl (C=O) groups excluding carboxylic acids is 1. The summed E-state index contributed by atoms with van der Waals surface area (Å²) in [6.45, 7) is 0. The summed E-state index contributed by atoms with van der Waals surface area (Å²) in [5.41, 5.74) is 3.26. The summed E-state index contributed by atoms with van der Waals surface area (Å²) in [7, 11) is 0. The first kappa shape index (κ1) is 18.8. The summed E-state index contributed by atoms with van der Waals surface area (Å²) in [5.74, 6) is 1.26. The van der Waals surface area contributed by atoms with Crippen LogP contribution in [0.3, 0.4) is 0 Å². The van der Waals surface area contributed by atoms with Crippen molar-refractivity contribution in [3.05, 3.63) is 59.2 Å². The van der Waals surface area contributed by atoms with Gasteiger partial charge < -0.3 is 5.32 Å². The zero-order chi connectivity index (χ0) is 19.8. The van der Waals surface area contributed by atoms with Crippen molar-refractivity contribution < 1.29 is 4.79 Å². The molecular weight excluding hydrogens is 382 g/mol. The first-order valence-electron chi connectivity index (χ1n) is 10.7. The van der Waals surface area contributed by atoms with E-state index in [0.717, 1.165) is 67.6 Å². The summed E-state index contributed by atoms with van der Waals surface area (Å²) in [6.07, 6.45) is 17.7. The number of carbonyl (C=O) groups is 1. The number of fused-ring (bicyclic) bond motifs is 1. The van der Waals surface area contributed by atoms with Gasteiger partial charge in [0.25, 0.3) is 0 Å². The average molecular weight is 408 g/mol. The maximum absolute atomic E-state index is 13.1. The molecule has 5 heteroatoms. The van der Waals surface area contributed by atoms with Gasteiger partial charge in [-0.05, 0) is 93.1 Å². The van der Waals surface area contributed by atoms with Gasteiger partial charge in [0.05, 0.1) is 10.9 Å². The first-order chi connectivity index (χ1) is 14.2. The maximum Gasteiger partial charge on any atom is 0.230 e. The molecule has 0 saturated heterocycles. The molecule has 4 nitrogen and oxygen atoms in total. The van der Waals surface area contributed by atoms with Crippen LogP contribution >= 0.6 is 11.6 Å². The lowest BCUT2D eigenvalue weighted by atomic mass is 9.71. The van der Waals surface area contributed by atoms with Crippen LogP contribution in [0.4, 0.5) is 0 Å². The highest BCUT2D eigenvalue weighted by Gasteiger charge is 2.55. The predicted molar refractivity (Wildman–Crippen MR) is 115 cm³/mol. The van der Waals surface area contributed by atoms with Crippen molar-refractivity contribution in [2.24, 2.45) is 11.3 Å². The third-order valence-corrected chi connectivity index (χ3v) is 7.45. The minimum Gasteiger partial charge on any atom is -0.329 e. The Kier molecular flexibility index (Phi) is 4.91. The van der Waals surface area contributed by atoms with Gasteiger partial charge in [-0.2, -0.15) is 0 Å². The second-order valence-electron chi connectivity index (χ2n) is 8.76. The monoisotopic (exact) mass is 407 g/mol. The average Bonchev–Trinajstić information content (AvgIpc) is 3.57. The molecule has 0 bridgehead atoms. The largest absolute Gasteiger partial charge is 0.329 e. The Morgan fingerprint density at radius 3 is 2.62 bits per heavy atom. The van der Waals surface area contributed by atoms with E-state index < -0.39 is 0 Å². The number of nitrogens with zero attached hydrogens (tertiary/aromatic N) is 2. The smallest absolute Gasteiger partial charge is 0.230 e. The fourth-order valence-electron chi connectivity index (χ4n) is 5.26. The van der Waals surface area contributed by atoms with Crippen LogP contribution in [0.2, 0.25) is 0 Å². The van der Waals surface area contributed by atoms with Crippen LogP contribution in [-0.4, -0.2) is 15.9 Å². The fraction of sp³-hybridized carbons (Fsp3) is 0.458. The zero-order valence-electron chi connectivity index (χ0n) is 16.5. The second-order valence-corrected chi connectivity index (χ2v) is 9.24. The molecule has 2 heterocycles.